The van der Waals surface area contributed by atoms with Crippen molar-refractivity contribution < 1.29 is 30.3 Å². The Morgan fingerprint density at radius 3 is 2.52 bits per heavy atom. The molecule has 0 fully saturated rings. The summed E-state index contributed by atoms with van der Waals surface area (Å²) < 4.78 is 6.36. The molecule has 9 nitrogen and oxygen atoms in total. The molecule has 0 saturated heterocycles. The van der Waals surface area contributed by atoms with Crippen LogP contribution in [0.25, 0.3) is 0 Å². The van der Waals surface area contributed by atoms with Gasteiger partial charge < -0.3 is 41.0 Å². The van der Waals surface area contributed by atoms with E-state index in [1.807, 2.05) is 30.3 Å². The van der Waals surface area contributed by atoms with Crippen LogP contribution >= 0.6 is 0 Å². The minimum Gasteiger partial charge on any atom is -0.668 e. The summed E-state index contributed by atoms with van der Waals surface area (Å²) in [6, 6.07) is 23.0. The third-order valence-corrected chi connectivity index (χ3v) is 11.3. The van der Waals surface area contributed by atoms with Crippen molar-refractivity contribution in [3.8, 4) is 23.3 Å². The number of aromatic nitrogens is 2. The van der Waals surface area contributed by atoms with E-state index >= 15 is 0 Å². The van der Waals surface area contributed by atoms with E-state index in [0.29, 0.717) is 31.0 Å². The van der Waals surface area contributed by atoms with Crippen LogP contribution in [0.2, 0.25) is 0 Å². The lowest BCUT2D eigenvalue weighted by molar-refractivity contribution is -0.00877. The lowest BCUT2D eigenvalue weighted by atomic mass is 9.78. The Morgan fingerprint density at radius 2 is 1.76 bits per heavy atom. The average molecular weight is 733 g/mol. The van der Waals surface area contributed by atoms with Crippen LogP contribution in [0.5, 0.6) is 11.5 Å². The molecule has 6 rings (SSSR count). The number of aromatic hydroxyl groups is 1. The van der Waals surface area contributed by atoms with E-state index in [-0.39, 0.29) is 41.6 Å². The number of phenols is 1. The topological polar surface area (TPSA) is 163 Å². The Morgan fingerprint density at radius 1 is 0.944 bits per heavy atom. The number of aliphatic hydroxyl groups is 4. The zero-order chi connectivity index (χ0) is 38.0. The highest BCUT2D eigenvalue weighted by molar-refractivity contribution is 5.44. The van der Waals surface area contributed by atoms with Gasteiger partial charge in [-0.05, 0) is 91.3 Å². The van der Waals surface area contributed by atoms with Crippen LogP contribution in [-0.4, -0.2) is 61.5 Å². The van der Waals surface area contributed by atoms with Crippen LogP contribution < -0.4 is 15.5 Å². The van der Waals surface area contributed by atoms with Gasteiger partial charge in [0.25, 0.3) is 0 Å². The predicted molar refractivity (Wildman–Crippen MR) is 210 cm³/mol. The monoisotopic (exact) mass is 732 g/mol. The number of hydrogen-bond donors (Lipinski definition) is 6. The Balaban J connectivity index is 1.24. The molecule has 9 heteroatoms. The number of allylic oxidation sites excluding steroid dienone is 2. The molecule has 0 radical (unpaired) electrons. The number of pyridine rings is 1. The summed E-state index contributed by atoms with van der Waals surface area (Å²) in [5, 5.41) is 55.2. The minimum absolute atomic E-state index is 0.111. The molecule has 0 amide bonds. The molecule has 2 heterocycles. The van der Waals surface area contributed by atoms with Gasteiger partial charge >= 0.3 is 0 Å². The summed E-state index contributed by atoms with van der Waals surface area (Å²) in [6.07, 6.45) is 9.37. The highest BCUT2D eigenvalue weighted by Gasteiger charge is 2.37. The summed E-state index contributed by atoms with van der Waals surface area (Å²) in [5.74, 6) is 6.89. The molecule has 2 aromatic carbocycles. The zero-order valence-corrected chi connectivity index (χ0v) is 31.0. The van der Waals surface area contributed by atoms with Crippen molar-refractivity contribution in [1.29, 1.82) is 0 Å². The number of nitrogen functional groups attached to an aromatic ring is 1. The number of hydrogen-bond acceptors (Lipinski definition) is 8. The molecule has 0 bridgehead atoms. The molecule has 0 saturated carbocycles. The molecule has 54 heavy (non-hydrogen) atoms. The van der Waals surface area contributed by atoms with Gasteiger partial charge in [-0.1, -0.05) is 92.3 Å². The number of nitrogens with zero attached hydrogens (tertiary/aromatic N) is 2. The fraction of sp³-hybridized carbons (Fsp3) is 0.444. The van der Waals surface area contributed by atoms with E-state index in [1.165, 1.54) is 5.56 Å². The van der Waals surface area contributed by atoms with Crippen molar-refractivity contribution in [2.24, 2.45) is 23.7 Å². The number of nitrogens with two attached hydrogens (primary N) is 1. The fourth-order valence-electron chi connectivity index (χ4n) is 8.21. The summed E-state index contributed by atoms with van der Waals surface area (Å²) in [6.45, 7) is 1.73. The van der Waals surface area contributed by atoms with E-state index in [9.17, 15) is 25.5 Å². The molecule has 2 aliphatic rings. The highest BCUT2D eigenvalue weighted by Crippen LogP contribution is 2.40. The molecule has 2 aliphatic carbocycles. The smallest absolute Gasteiger partial charge is 0.161 e. The lowest BCUT2D eigenvalue weighted by Gasteiger charge is -2.31. The van der Waals surface area contributed by atoms with Gasteiger partial charge in [0.15, 0.2) is 11.5 Å². The molecule has 4 aromatic rings. The third kappa shape index (κ3) is 10.1. The van der Waals surface area contributed by atoms with Crippen molar-refractivity contribution in [2.75, 3.05) is 12.3 Å². The first-order valence-electron chi connectivity index (χ1n) is 19.3. The van der Waals surface area contributed by atoms with E-state index < -0.39 is 36.9 Å². The van der Waals surface area contributed by atoms with Crippen LogP contribution in [0.3, 0.4) is 0 Å². The molecule has 10 atom stereocenters. The predicted octanol–water partition coefficient (Wildman–Crippen LogP) is 5.91. The van der Waals surface area contributed by atoms with Crippen molar-refractivity contribution in [3.63, 3.8) is 0 Å². The van der Waals surface area contributed by atoms with Crippen LogP contribution in [0.4, 0.5) is 5.82 Å². The minimum atomic E-state index is -1.24. The van der Waals surface area contributed by atoms with E-state index in [4.69, 9.17) is 10.5 Å². The van der Waals surface area contributed by atoms with Gasteiger partial charge in [0.1, 0.15) is 18.0 Å². The maximum atomic E-state index is 11.7. The Bertz CT molecular complexity index is 1850. The Hall–Kier alpha value is -4.59. The second kappa shape index (κ2) is 18.6. The van der Waals surface area contributed by atoms with Gasteiger partial charge in [-0.3, -0.25) is 0 Å². The van der Waals surface area contributed by atoms with Gasteiger partial charge in [-0.15, -0.1) is 0 Å². The van der Waals surface area contributed by atoms with Gasteiger partial charge in [0.2, 0.25) is 0 Å². The molecule has 0 spiro atoms. The van der Waals surface area contributed by atoms with Crippen molar-refractivity contribution >= 4 is 5.82 Å². The number of benzene rings is 2. The van der Waals surface area contributed by atoms with Crippen molar-refractivity contribution in [1.82, 2.24) is 9.97 Å². The van der Waals surface area contributed by atoms with E-state index in [2.05, 4.69) is 59.1 Å². The standard InChI is InChI=1S/C45H54N3O6/c1-29(22-30-8-3-2-4-9-30)31-10-5-6-12-39(51)45-32(14-13-31)15-16-33(24-40(45)52)34-17-18-38(50)42(25-34)54-43(41(53)28-49)26-36(23-37-11-7-20-47-37)35-19-21-48-44(46)27-35/h2-4,7-9,11,15-21,25,27,29,31-33,36,39-41,43,45,49-53H,5-6,10,12,22-24,26,28H2,1H3,(H2,46,48)/q-1. The summed E-state index contributed by atoms with van der Waals surface area (Å²) in [4.78, 5) is 8.57. The zero-order valence-electron chi connectivity index (χ0n) is 31.0. The number of phenolic OH excluding ortho intramolecular Hbond substituents is 1. The number of anilines is 1. The molecular weight excluding hydrogens is 679 g/mol. The van der Waals surface area contributed by atoms with Gasteiger partial charge in [-0.25, -0.2) is 4.98 Å². The second-order valence-corrected chi connectivity index (χ2v) is 15.2. The largest absolute Gasteiger partial charge is 0.668 e. The first kappa shape index (κ1) is 39.1. The maximum absolute atomic E-state index is 11.7. The molecule has 10 unspecified atom stereocenters. The van der Waals surface area contributed by atoms with Gasteiger partial charge in [0, 0.05) is 29.9 Å². The quantitative estimate of drug-likeness (QED) is 0.0725. The number of ether oxygens (including phenoxy) is 1. The second-order valence-electron chi connectivity index (χ2n) is 15.2. The molecule has 2 aromatic heterocycles. The van der Waals surface area contributed by atoms with Gasteiger partial charge in [-0.2, -0.15) is 11.9 Å². The first-order valence-corrected chi connectivity index (χ1v) is 19.3. The van der Waals surface area contributed by atoms with Crippen LogP contribution in [0, 0.1) is 35.5 Å². The SMILES string of the molecule is CC(Cc1ccccc1)C1C#CC2C=CC(c3ccc(O)c(OC(CC(Cc4ccc[n-]4)c4ccnc(N)c4)C(O)CO)c3)CC(O)C2C(O)CCCC1. The summed E-state index contributed by atoms with van der Waals surface area (Å²) in [5.41, 5.74) is 9.89. The van der Waals surface area contributed by atoms with Crippen LogP contribution in [0.1, 0.15) is 79.7 Å². The number of rotatable bonds is 13. The van der Waals surface area contributed by atoms with Crippen LogP contribution in [0.15, 0.2) is 97.3 Å². The fourth-order valence-corrected chi connectivity index (χ4v) is 8.21. The third-order valence-electron chi connectivity index (χ3n) is 11.3. The van der Waals surface area contributed by atoms with Crippen molar-refractivity contribution in [3.05, 3.63) is 120 Å². The highest BCUT2D eigenvalue weighted by atomic mass is 16.5. The first-order chi connectivity index (χ1) is 26.2. The average Bonchev–Trinajstić information content (AvgIpc) is 3.63. The lowest BCUT2D eigenvalue weighted by Crippen LogP contribution is -2.37. The van der Waals surface area contributed by atoms with E-state index in [1.54, 1.807) is 36.7 Å². The van der Waals surface area contributed by atoms with Gasteiger partial charge in [0.05, 0.1) is 18.8 Å². The Labute approximate surface area is 319 Å². The Kier molecular flexibility index (Phi) is 13.5. The van der Waals surface area contributed by atoms with Crippen LogP contribution in [-0.2, 0) is 12.8 Å². The molecule has 286 valence electrons. The summed E-state index contributed by atoms with van der Waals surface area (Å²) >= 11 is 0. The normalized spacial score (nSPS) is 25.2. The molecular formula is C45H54N3O6-. The number of aliphatic hydroxyl groups excluding tert-OH is 4. The van der Waals surface area contributed by atoms with Crippen molar-refractivity contribution in [2.45, 2.75) is 94.5 Å². The number of fused-ring (bicyclic) bond motifs is 1. The maximum Gasteiger partial charge on any atom is 0.161 e. The summed E-state index contributed by atoms with van der Waals surface area (Å²) in [7, 11) is 0. The molecule has 7 N–H and O–H groups in total. The van der Waals surface area contributed by atoms with E-state index in [0.717, 1.165) is 42.5 Å². The molecule has 0 aliphatic heterocycles.